The number of benzene rings is 18. The largest absolute Gasteiger partial charge is 0.344 e. The second-order valence-electron chi connectivity index (χ2n) is 32.3. The summed E-state index contributed by atoms with van der Waals surface area (Å²) >= 11 is 0. The number of hydrogen-bond acceptors (Lipinski definition) is 4. The van der Waals surface area contributed by atoms with E-state index in [9.17, 15) is 0 Å². The van der Waals surface area contributed by atoms with E-state index >= 15 is 0 Å². The van der Waals surface area contributed by atoms with Gasteiger partial charge in [-0.05, 0) is 225 Å². The molecule has 23 rings (SSSR count). The van der Waals surface area contributed by atoms with Gasteiger partial charge in [0.25, 0.3) is 0 Å². The van der Waals surface area contributed by atoms with Crippen molar-refractivity contribution in [1.29, 1.82) is 0 Å². The molecule has 4 heteroatoms. The van der Waals surface area contributed by atoms with Crippen molar-refractivity contribution < 1.29 is 0 Å². The second-order valence-corrected chi connectivity index (χ2v) is 32.3. The Morgan fingerprint density at radius 2 is 0.643 bits per heavy atom. The summed E-state index contributed by atoms with van der Waals surface area (Å²) in [6.07, 6.45) is 6.42. The van der Waals surface area contributed by atoms with Crippen LogP contribution in [0.1, 0.15) is 80.5 Å². The molecule has 1 saturated carbocycles. The van der Waals surface area contributed by atoms with Gasteiger partial charge in [-0.25, -0.2) is 0 Å². The molecule has 18 aromatic rings. The number of hydrogen-bond donors (Lipinski definition) is 0. The predicted octanol–water partition coefficient (Wildman–Crippen LogP) is 31.0. The van der Waals surface area contributed by atoms with Gasteiger partial charge in [-0.2, -0.15) is 0 Å². The maximum Gasteiger partial charge on any atom is 0.0570 e. The zero-order valence-electron chi connectivity index (χ0n) is 66.8. The lowest BCUT2D eigenvalue weighted by Crippen LogP contribution is -2.11. The van der Waals surface area contributed by atoms with Gasteiger partial charge >= 0.3 is 0 Å². The van der Waals surface area contributed by atoms with E-state index in [1.807, 2.05) is 0 Å². The Balaban J connectivity index is 0.0000000992. The first kappa shape index (κ1) is 70.8. The molecule has 0 unspecified atom stereocenters. The first-order chi connectivity index (χ1) is 56.5. The van der Waals surface area contributed by atoms with Gasteiger partial charge in [0.05, 0.1) is 5.69 Å². The van der Waals surface area contributed by atoms with Gasteiger partial charge in [-0.15, -0.1) is 0 Å². The highest BCUT2D eigenvalue weighted by Crippen LogP contribution is 2.57. The lowest BCUT2D eigenvalue weighted by Gasteiger charge is -2.25. The number of anilines is 8. The van der Waals surface area contributed by atoms with Crippen molar-refractivity contribution in [3.63, 3.8) is 0 Å². The molecule has 4 nitrogen and oxygen atoms in total. The summed E-state index contributed by atoms with van der Waals surface area (Å²) in [7, 11) is 8.84. The number of nitrogens with zero attached hydrogens (tertiary/aromatic N) is 4. The summed E-state index contributed by atoms with van der Waals surface area (Å²) in [5.41, 5.74) is 37.2. The van der Waals surface area contributed by atoms with E-state index in [0.717, 1.165) is 12.3 Å². The van der Waals surface area contributed by atoms with Crippen LogP contribution in [0.5, 0.6) is 0 Å². The Kier molecular flexibility index (Phi) is 17.9. The summed E-state index contributed by atoms with van der Waals surface area (Å²) in [4.78, 5) is 9.54. The van der Waals surface area contributed by atoms with Crippen molar-refractivity contribution in [2.75, 3.05) is 47.8 Å². The van der Waals surface area contributed by atoms with E-state index in [2.05, 4.69) is 415 Å². The van der Waals surface area contributed by atoms with Gasteiger partial charge < -0.3 is 19.6 Å². The molecule has 4 aliphatic heterocycles. The third-order valence-corrected chi connectivity index (χ3v) is 25.6. The van der Waals surface area contributed by atoms with Gasteiger partial charge in [-0.1, -0.05) is 313 Å². The minimum Gasteiger partial charge on any atom is -0.344 e. The van der Waals surface area contributed by atoms with Gasteiger partial charge in [-0.3, -0.25) is 0 Å². The molecule has 1 aliphatic carbocycles. The molecule has 0 spiro atoms. The first-order valence-electron chi connectivity index (χ1n) is 41.2. The van der Waals surface area contributed by atoms with Crippen molar-refractivity contribution in [1.82, 2.24) is 0 Å². The van der Waals surface area contributed by atoms with Crippen molar-refractivity contribution in [3.8, 4) is 89.0 Å². The van der Waals surface area contributed by atoms with Crippen molar-refractivity contribution in [3.05, 3.63) is 362 Å². The van der Waals surface area contributed by atoms with Crippen LogP contribution in [0.2, 0.25) is 0 Å². The molecule has 1 fully saturated rings. The lowest BCUT2D eigenvalue weighted by molar-refractivity contribution is 0.723. The van der Waals surface area contributed by atoms with E-state index in [1.54, 1.807) is 0 Å². The third kappa shape index (κ3) is 11.9. The van der Waals surface area contributed by atoms with Gasteiger partial charge in [0.15, 0.2) is 0 Å². The molecule has 0 aromatic heterocycles. The van der Waals surface area contributed by atoms with Gasteiger partial charge in [0.2, 0.25) is 0 Å². The topological polar surface area (TPSA) is 13.0 Å². The fraction of sp³-hybridized carbons (Fsp3) is 0.135. The zero-order chi connectivity index (χ0) is 77.7. The maximum absolute atomic E-state index is 2.48. The van der Waals surface area contributed by atoms with Crippen molar-refractivity contribution in [2.45, 2.75) is 71.6 Å². The van der Waals surface area contributed by atoms with Crippen LogP contribution in [-0.4, -0.2) is 28.2 Å². The van der Waals surface area contributed by atoms with Crippen LogP contribution in [-0.2, 0) is 6.42 Å². The van der Waals surface area contributed by atoms with Crippen LogP contribution in [0.4, 0.5) is 45.5 Å². The Bertz CT molecular complexity index is 6930. The molecule has 0 amide bonds. The fourth-order valence-electron chi connectivity index (χ4n) is 20.0. The smallest absolute Gasteiger partial charge is 0.0570 e. The highest BCUT2D eigenvalue weighted by molar-refractivity contribution is 6.16. The highest BCUT2D eigenvalue weighted by Gasteiger charge is 2.32. The molecule has 0 radical (unpaired) electrons. The molecule has 0 bridgehead atoms. The Hall–Kier alpha value is -13.3. The van der Waals surface area contributed by atoms with Crippen LogP contribution in [0.3, 0.4) is 0 Å². The average Bonchev–Trinajstić information content (AvgIpc) is 1.60. The number of fused-ring (bicyclic) bond motifs is 29. The Labute approximate surface area is 676 Å². The number of rotatable bonds is 3. The normalized spacial score (nSPS) is 13.3. The van der Waals surface area contributed by atoms with Gasteiger partial charge in [0.1, 0.15) is 0 Å². The summed E-state index contributed by atoms with van der Waals surface area (Å²) in [5.74, 6) is 1.20. The van der Waals surface area contributed by atoms with E-state index in [4.69, 9.17) is 0 Å². The predicted molar refractivity (Wildman–Crippen MR) is 496 cm³/mol. The zero-order valence-corrected chi connectivity index (χ0v) is 66.8. The maximum atomic E-state index is 2.48. The van der Waals surface area contributed by atoms with Crippen molar-refractivity contribution >= 4 is 110 Å². The molecule has 4 heterocycles. The molecule has 0 atom stereocenters. The van der Waals surface area contributed by atoms with Crippen LogP contribution >= 0.6 is 0 Å². The quantitative estimate of drug-likeness (QED) is 0.175. The highest BCUT2D eigenvalue weighted by atomic mass is 15.1. The lowest BCUT2D eigenvalue weighted by atomic mass is 9.87. The summed E-state index contributed by atoms with van der Waals surface area (Å²) in [6, 6.07) is 125. The van der Waals surface area contributed by atoms with Gasteiger partial charge in [0, 0.05) is 118 Å². The van der Waals surface area contributed by atoms with E-state index in [1.165, 1.54) is 247 Å². The van der Waals surface area contributed by atoms with Crippen LogP contribution in [0, 0.1) is 6.92 Å². The minimum absolute atomic E-state index is 0.472. The Morgan fingerprint density at radius 3 is 1.17 bits per heavy atom. The molecule has 0 saturated heterocycles. The fourth-order valence-corrected chi connectivity index (χ4v) is 20.0. The molecule has 5 aliphatic rings. The van der Waals surface area contributed by atoms with Crippen LogP contribution < -0.4 is 19.6 Å². The minimum atomic E-state index is 0.472. The second kappa shape index (κ2) is 29.0. The first-order valence-corrected chi connectivity index (χ1v) is 41.2. The molecule has 556 valence electrons. The molecule has 0 N–H and O–H groups in total. The van der Waals surface area contributed by atoms with Crippen LogP contribution in [0.15, 0.2) is 340 Å². The molecular weight excluding hydrogens is 1390 g/mol. The standard InChI is InChI=1S/C29H23N.C28H21N.C28H25N.C26H23N/c1-3-21-22-12-6-5-11-20(22)18-27-28(21)24-14-8-9-15-25(24)29-23-13-7-4-10-19(23)16-17-26(29)30(27)2;1-18-15-21-11-5-6-12-22(21)28-27(18)24-14-8-7-13-23(24)25-16-19-9-3-4-10-20(19)17-26(25)29(28)2;1-29-27-15-14-22(19-8-2-3-9-19)17-25(27)23-12-6-7-13-24(23)26-16-20-10-4-5-11-21(20)18-28(26)29;1-17(2)19-13-8-14-23-25(19)21-11-6-7-12-22(21)26-20-10-5-4-9-18(20)15-16-24(26)27(23)3/h4-18H,3H2,1-2H3;3-17H,1-2H3;4-7,10-19H,2-3,8-9H2,1H3;4-17H,1-3H3. The average molecular weight is 1480 g/mol. The summed E-state index contributed by atoms with van der Waals surface area (Å²) in [5, 5.41) is 15.6. The van der Waals surface area contributed by atoms with E-state index in [-0.39, 0.29) is 0 Å². The van der Waals surface area contributed by atoms with E-state index < -0.39 is 0 Å². The SMILES string of the molecule is CC(C)c1cccc2c1-c1ccccc1-c1c(ccc3ccccc13)N2C.CCc1c2c(cc3ccccc13)N(C)c1ccc3ccccc3c1-c1ccccc1-2.CN1c2ccc(C3CCCC3)cc2-c2ccccc2-c2cc3ccccc3cc21.Cc1cc2ccccc2c2c1-c1ccccc1-c1cc3ccccc3cc1N2C. The molecular formula is C111H92N4. The summed E-state index contributed by atoms with van der Waals surface area (Å²) < 4.78 is 0. The molecule has 115 heavy (non-hydrogen) atoms. The third-order valence-electron chi connectivity index (χ3n) is 25.6. The molecule has 18 aromatic carbocycles. The van der Waals surface area contributed by atoms with E-state index in [0.29, 0.717) is 5.92 Å². The van der Waals surface area contributed by atoms with Crippen molar-refractivity contribution in [2.24, 2.45) is 0 Å². The summed E-state index contributed by atoms with van der Waals surface area (Å²) in [6.45, 7) is 9.08. The Morgan fingerprint density at radius 1 is 0.270 bits per heavy atom. The number of aryl methyl sites for hydroxylation is 2. The monoisotopic (exact) mass is 1480 g/mol. The van der Waals surface area contributed by atoms with Crippen LogP contribution in [0.25, 0.3) is 154 Å².